The molecule has 1 aliphatic rings. The number of nitrogens with one attached hydrogen (secondary N) is 1. The van der Waals surface area contributed by atoms with Gasteiger partial charge in [0.15, 0.2) is 0 Å². The van der Waals surface area contributed by atoms with E-state index in [9.17, 15) is 27.9 Å². The predicted molar refractivity (Wildman–Crippen MR) is 95.7 cm³/mol. The maximum absolute atomic E-state index is 13.5. The van der Waals surface area contributed by atoms with Gasteiger partial charge in [-0.05, 0) is 25.0 Å². The average molecular weight is 401 g/mol. The topological polar surface area (TPSA) is 91.2 Å². The van der Waals surface area contributed by atoms with E-state index in [-0.39, 0.29) is 28.6 Å². The minimum absolute atomic E-state index is 0.0201. The monoisotopic (exact) mass is 401 g/mol. The van der Waals surface area contributed by atoms with Gasteiger partial charge < -0.3 is 15.2 Å². The number of carbonyl (C=O) groups is 2. The number of hydrogen-bond donors (Lipinski definition) is 2. The third-order valence-corrected chi connectivity index (χ3v) is 4.31. The summed E-state index contributed by atoms with van der Waals surface area (Å²) < 4.78 is 45.4. The highest BCUT2D eigenvalue weighted by Gasteiger charge is 2.63. The van der Waals surface area contributed by atoms with E-state index in [1.807, 2.05) is 6.92 Å². The van der Waals surface area contributed by atoms with Gasteiger partial charge in [-0.1, -0.05) is 31.9 Å². The zero-order valence-electron chi connectivity index (χ0n) is 15.5. The smallest absolute Gasteiger partial charge is 0.438 e. The molecule has 0 aliphatic carbocycles. The molecule has 0 spiro atoms. The summed E-state index contributed by atoms with van der Waals surface area (Å²) in [6.07, 6.45) is -3.67. The normalized spacial score (nSPS) is 19.4. The van der Waals surface area contributed by atoms with Crippen LogP contribution in [0.3, 0.4) is 0 Å². The van der Waals surface area contributed by atoms with Crippen molar-refractivity contribution in [3.63, 3.8) is 0 Å². The number of unbranched alkanes of at least 4 members (excludes halogenated alkanes) is 2. The molecular formula is C18H22F3N3O4. The zero-order valence-corrected chi connectivity index (χ0v) is 15.5. The molecule has 0 aromatic heterocycles. The third kappa shape index (κ3) is 4.44. The summed E-state index contributed by atoms with van der Waals surface area (Å²) in [5, 5.41) is 15.8. The molecule has 0 unspecified atom stereocenters. The first-order valence-corrected chi connectivity index (χ1v) is 8.78. The van der Waals surface area contributed by atoms with Gasteiger partial charge in [0, 0.05) is 12.1 Å². The second-order valence-corrected chi connectivity index (χ2v) is 6.39. The molecule has 2 N–H and O–H groups in total. The van der Waals surface area contributed by atoms with Crippen molar-refractivity contribution in [2.45, 2.75) is 50.9 Å². The summed E-state index contributed by atoms with van der Waals surface area (Å²) in [5.41, 5.74) is -3.43. The van der Waals surface area contributed by atoms with Gasteiger partial charge in [-0.3, -0.25) is 9.59 Å². The molecule has 0 saturated carbocycles. The maximum Gasteiger partial charge on any atom is 0.438 e. The van der Waals surface area contributed by atoms with Crippen LogP contribution in [0.15, 0.2) is 29.4 Å². The van der Waals surface area contributed by atoms with Crippen LogP contribution in [0.5, 0.6) is 5.75 Å². The molecule has 2 amide bonds. The molecule has 154 valence electrons. The molecule has 7 nitrogen and oxygen atoms in total. The summed E-state index contributed by atoms with van der Waals surface area (Å²) >= 11 is 0. The molecule has 1 heterocycles. The Morgan fingerprint density at radius 1 is 1.32 bits per heavy atom. The Hall–Kier alpha value is -2.62. The number of carbonyl (C=O) groups excluding carboxylic acids is 2. The van der Waals surface area contributed by atoms with Gasteiger partial charge >= 0.3 is 18.0 Å². The molecule has 1 aliphatic heterocycles. The Balaban J connectivity index is 2.24. The van der Waals surface area contributed by atoms with Crippen molar-refractivity contribution in [3.8, 4) is 5.75 Å². The van der Waals surface area contributed by atoms with Crippen LogP contribution in [-0.2, 0) is 9.59 Å². The molecule has 10 heteroatoms. The number of hydrogen-bond acceptors (Lipinski definition) is 5. The molecule has 0 bridgehead atoms. The second kappa shape index (κ2) is 8.59. The standard InChI is InChI=1S/C18H22F3N3O4/c1-3-4-5-8-12-11-17(27,18(19,20)21)24(23-12)16(26)15(25)22-13-9-6-7-10-14(13)28-2/h6-7,9-10,27H,3-5,8,11H2,1-2H3,(H,22,25)/t17-/m0/s1. The fourth-order valence-corrected chi connectivity index (χ4v) is 2.79. The van der Waals surface area contributed by atoms with Crippen LogP contribution in [-0.4, -0.2) is 46.7 Å². The summed E-state index contributed by atoms with van der Waals surface area (Å²) in [6.45, 7) is 1.93. The number of rotatable bonds is 6. The van der Waals surface area contributed by atoms with Gasteiger partial charge in [0.05, 0.1) is 12.8 Å². The van der Waals surface area contributed by atoms with Crippen molar-refractivity contribution in [2.24, 2.45) is 5.10 Å². The Morgan fingerprint density at radius 2 is 2.00 bits per heavy atom. The van der Waals surface area contributed by atoms with E-state index in [4.69, 9.17) is 4.74 Å². The summed E-state index contributed by atoms with van der Waals surface area (Å²) in [4.78, 5) is 24.6. The largest absolute Gasteiger partial charge is 0.495 e. The second-order valence-electron chi connectivity index (χ2n) is 6.39. The third-order valence-electron chi connectivity index (χ3n) is 4.31. The molecule has 1 aromatic rings. The number of amides is 2. The highest BCUT2D eigenvalue weighted by molar-refractivity contribution is 6.40. The lowest BCUT2D eigenvalue weighted by molar-refractivity contribution is -0.301. The van der Waals surface area contributed by atoms with Crippen molar-refractivity contribution in [2.75, 3.05) is 12.4 Å². The van der Waals surface area contributed by atoms with Crippen LogP contribution < -0.4 is 10.1 Å². The van der Waals surface area contributed by atoms with Gasteiger partial charge in [-0.15, -0.1) is 0 Å². The van der Waals surface area contributed by atoms with Crippen molar-refractivity contribution in [3.05, 3.63) is 24.3 Å². The van der Waals surface area contributed by atoms with Crippen LogP contribution in [0.2, 0.25) is 0 Å². The number of hydrazone groups is 1. The van der Waals surface area contributed by atoms with Crippen molar-refractivity contribution < 1.29 is 32.6 Å². The molecule has 2 rings (SSSR count). The highest BCUT2D eigenvalue weighted by Crippen LogP contribution is 2.41. The summed E-state index contributed by atoms with van der Waals surface area (Å²) in [7, 11) is 1.34. The van der Waals surface area contributed by atoms with E-state index in [0.29, 0.717) is 6.42 Å². The lowest BCUT2D eigenvalue weighted by Gasteiger charge is -2.32. The van der Waals surface area contributed by atoms with Crippen LogP contribution in [0, 0.1) is 0 Å². The highest BCUT2D eigenvalue weighted by atomic mass is 19.4. The van der Waals surface area contributed by atoms with Gasteiger partial charge in [0.25, 0.3) is 5.72 Å². The zero-order chi connectivity index (χ0) is 20.9. The number of methoxy groups -OCH3 is 1. The van der Waals surface area contributed by atoms with Gasteiger partial charge in [0.2, 0.25) is 0 Å². The lowest BCUT2D eigenvalue weighted by Crippen LogP contribution is -2.58. The molecule has 28 heavy (non-hydrogen) atoms. The first-order chi connectivity index (χ1) is 13.1. The quantitative estimate of drug-likeness (QED) is 0.566. The Bertz CT molecular complexity index is 767. The van der Waals surface area contributed by atoms with Crippen LogP contribution in [0.1, 0.15) is 39.0 Å². The van der Waals surface area contributed by atoms with Gasteiger partial charge in [-0.25, -0.2) is 0 Å². The Kier molecular flexibility index (Phi) is 6.65. The summed E-state index contributed by atoms with van der Waals surface area (Å²) in [5.74, 6) is -2.76. The number of para-hydroxylation sites is 2. The predicted octanol–water partition coefficient (Wildman–Crippen LogP) is 3.05. The number of nitrogens with zero attached hydrogens (tertiary/aromatic N) is 2. The van der Waals surface area contributed by atoms with Crippen LogP contribution in [0.25, 0.3) is 0 Å². The van der Waals surface area contributed by atoms with Crippen molar-refractivity contribution >= 4 is 23.2 Å². The van der Waals surface area contributed by atoms with E-state index in [1.54, 1.807) is 12.1 Å². The Labute approximate surface area is 160 Å². The summed E-state index contributed by atoms with van der Waals surface area (Å²) in [6, 6.07) is 6.09. The molecule has 0 fully saturated rings. The maximum atomic E-state index is 13.5. The first-order valence-electron chi connectivity index (χ1n) is 8.78. The number of ether oxygens (including phenoxy) is 1. The van der Waals surface area contributed by atoms with Crippen LogP contribution in [0.4, 0.5) is 18.9 Å². The molecule has 1 aromatic carbocycles. The SMILES string of the molecule is CCCCCC1=NN(C(=O)C(=O)Nc2ccccc2OC)[C@@](O)(C(F)(F)F)C1. The van der Waals surface area contributed by atoms with E-state index in [2.05, 4.69) is 10.4 Å². The Morgan fingerprint density at radius 3 is 2.61 bits per heavy atom. The van der Waals surface area contributed by atoms with Gasteiger partial charge in [0.1, 0.15) is 5.75 Å². The average Bonchev–Trinajstić information content (AvgIpc) is 2.99. The molecular weight excluding hydrogens is 379 g/mol. The minimum Gasteiger partial charge on any atom is -0.495 e. The molecule has 0 saturated heterocycles. The van der Waals surface area contributed by atoms with Crippen molar-refractivity contribution in [1.29, 1.82) is 0 Å². The number of alkyl halides is 3. The van der Waals surface area contributed by atoms with E-state index in [1.165, 1.54) is 19.2 Å². The number of anilines is 1. The van der Waals surface area contributed by atoms with E-state index >= 15 is 0 Å². The van der Waals surface area contributed by atoms with E-state index < -0.39 is 30.1 Å². The first kappa shape index (κ1) is 21.7. The minimum atomic E-state index is -5.18. The fraction of sp³-hybridized carbons (Fsp3) is 0.500. The van der Waals surface area contributed by atoms with Crippen molar-refractivity contribution in [1.82, 2.24) is 5.01 Å². The molecule has 1 atom stereocenters. The fourth-order valence-electron chi connectivity index (χ4n) is 2.79. The van der Waals surface area contributed by atoms with E-state index in [0.717, 1.165) is 12.8 Å². The van der Waals surface area contributed by atoms with Crippen LogP contribution >= 0.6 is 0 Å². The number of halogens is 3. The number of aliphatic hydroxyl groups is 1. The molecule has 0 radical (unpaired) electrons. The lowest BCUT2D eigenvalue weighted by atomic mass is 10.0. The number of benzene rings is 1. The van der Waals surface area contributed by atoms with Gasteiger partial charge in [-0.2, -0.15) is 23.3 Å².